The van der Waals surface area contributed by atoms with Gasteiger partial charge in [-0.2, -0.15) is 0 Å². The summed E-state index contributed by atoms with van der Waals surface area (Å²) in [5.74, 6) is -0.723. The molecule has 2 atom stereocenters. The second kappa shape index (κ2) is 7.26. The summed E-state index contributed by atoms with van der Waals surface area (Å²) in [5, 5.41) is 22.4. The molecule has 0 heterocycles. The quantitative estimate of drug-likeness (QED) is 0.791. The smallest absolute Gasteiger partial charge is 0.407 e. The predicted molar refractivity (Wildman–Crippen MR) is 81.4 cm³/mol. The molecule has 0 radical (unpaired) electrons. The number of carbonyl (C=O) groups excluding carboxylic acids is 1. The van der Waals surface area contributed by atoms with Crippen molar-refractivity contribution < 1.29 is 24.1 Å². The number of carbonyl (C=O) groups is 1. The highest BCUT2D eigenvalue weighted by Crippen LogP contribution is 2.26. The summed E-state index contributed by atoms with van der Waals surface area (Å²) in [6.07, 6.45) is -3.61. The van der Waals surface area contributed by atoms with Gasteiger partial charge < -0.3 is 20.3 Å². The SMILES string of the molecule is Cc1cc(C(O)C(O)CNC(=O)OC(C)(C)C)c(F)cc1Cl. The van der Waals surface area contributed by atoms with E-state index in [2.05, 4.69) is 5.32 Å². The van der Waals surface area contributed by atoms with Gasteiger partial charge in [-0.05, 0) is 45.4 Å². The van der Waals surface area contributed by atoms with Gasteiger partial charge in [-0.15, -0.1) is 0 Å². The number of ether oxygens (including phenoxy) is 1. The van der Waals surface area contributed by atoms with E-state index in [-0.39, 0.29) is 17.1 Å². The van der Waals surface area contributed by atoms with Crippen molar-refractivity contribution in [3.05, 3.63) is 34.1 Å². The van der Waals surface area contributed by atoms with Gasteiger partial charge in [-0.25, -0.2) is 9.18 Å². The Kier molecular flexibility index (Phi) is 6.17. The molecular formula is C15H21ClFNO4. The van der Waals surface area contributed by atoms with E-state index in [1.807, 2.05) is 0 Å². The van der Waals surface area contributed by atoms with Gasteiger partial charge in [0.15, 0.2) is 0 Å². The molecule has 0 saturated carbocycles. The van der Waals surface area contributed by atoms with E-state index in [1.165, 1.54) is 6.07 Å². The molecule has 3 N–H and O–H groups in total. The molecule has 1 rings (SSSR count). The number of rotatable bonds is 4. The Bertz CT molecular complexity index is 545. The van der Waals surface area contributed by atoms with Gasteiger partial charge in [-0.3, -0.25) is 0 Å². The van der Waals surface area contributed by atoms with Crippen molar-refractivity contribution in [2.24, 2.45) is 0 Å². The third-order valence-corrected chi connectivity index (χ3v) is 3.22. The Morgan fingerprint density at radius 1 is 1.41 bits per heavy atom. The van der Waals surface area contributed by atoms with Gasteiger partial charge in [-0.1, -0.05) is 11.6 Å². The number of hydrogen-bond acceptors (Lipinski definition) is 4. The molecule has 7 heteroatoms. The summed E-state index contributed by atoms with van der Waals surface area (Å²) < 4.78 is 18.8. The Labute approximate surface area is 134 Å². The summed E-state index contributed by atoms with van der Waals surface area (Å²) in [6, 6.07) is 2.43. The van der Waals surface area contributed by atoms with Gasteiger partial charge >= 0.3 is 6.09 Å². The molecule has 22 heavy (non-hydrogen) atoms. The van der Waals surface area contributed by atoms with E-state index in [0.717, 1.165) is 6.07 Å². The summed E-state index contributed by atoms with van der Waals surface area (Å²) in [5.41, 5.74) is -0.183. The minimum Gasteiger partial charge on any atom is -0.444 e. The van der Waals surface area contributed by atoms with Crippen LogP contribution in [0.4, 0.5) is 9.18 Å². The molecule has 124 valence electrons. The summed E-state index contributed by atoms with van der Waals surface area (Å²) in [7, 11) is 0. The lowest BCUT2D eigenvalue weighted by Gasteiger charge is -2.22. The van der Waals surface area contributed by atoms with Crippen LogP contribution in [0.25, 0.3) is 0 Å². The first-order valence-electron chi connectivity index (χ1n) is 6.80. The standard InChI is InChI=1S/C15H21ClFNO4/c1-8-5-9(11(17)6-10(8)16)13(20)12(19)7-18-14(21)22-15(2,3)4/h5-6,12-13,19-20H,7H2,1-4H3,(H,18,21). The van der Waals surface area contributed by atoms with Crippen LogP contribution in [0.15, 0.2) is 12.1 Å². The number of nitrogens with one attached hydrogen (secondary N) is 1. The van der Waals surface area contributed by atoms with Crippen LogP contribution >= 0.6 is 11.6 Å². The van der Waals surface area contributed by atoms with Crippen LogP contribution in [-0.2, 0) is 4.74 Å². The van der Waals surface area contributed by atoms with Crippen LogP contribution in [0, 0.1) is 12.7 Å². The molecule has 1 aromatic rings. The zero-order valence-corrected chi connectivity index (χ0v) is 13.7. The van der Waals surface area contributed by atoms with E-state index in [4.69, 9.17) is 16.3 Å². The highest BCUT2D eigenvalue weighted by Gasteiger charge is 2.24. The van der Waals surface area contributed by atoms with Crippen LogP contribution in [0.5, 0.6) is 0 Å². The Morgan fingerprint density at radius 3 is 2.55 bits per heavy atom. The Morgan fingerprint density at radius 2 is 2.00 bits per heavy atom. The number of aliphatic hydroxyl groups excluding tert-OH is 2. The number of halogens is 2. The number of hydrogen-bond donors (Lipinski definition) is 3. The maximum Gasteiger partial charge on any atom is 0.407 e. The van der Waals surface area contributed by atoms with Crippen LogP contribution < -0.4 is 5.32 Å². The second-order valence-corrected chi connectivity index (χ2v) is 6.43. The maximum absolute atomic E-state index is 13.8. The third-order valence-electron chi connectivity index (χ3n) is 2.82. The van der Waals surface area contributed by atoms with Gasteiger partial charge in [0.2, 0.25) is 0 Å². The molecule has 0 fully saturated rings. The van der Waals surface area contributed by atoms with Crippen LogP contribution in [0.1, 0.15) is 38.0 Å². The predicted octanol–water partition coefficient (Wildman–Crippen LogP) is 2.71. The van der Waals surface area contributed by atoms with Crippen molar-refractivity contribution in [2.45, 2.75) is 45.5 Å². The monoisotopic (exact) mass is 333 g/mol. The first-order valence-corrected chi connectivity index (χ1v) is 7.17. The van der Waals surface area contributed by atoms with E-state index >= 15 is 0 Å². The zero-order valence-electron chi connectivity index (χ0n) is 13.0. The third kappa shape index (κ3) is 5.44. The molecule has 0 aromatic heterocycles. The number of benzene rings is 1. The molecule has 0 spiro atoms. The molecule has 0 saturated heterocycles. The summed E-state index contributed by atoms with van der Waals surface area (Å²) in [6.45, 7) is 6.47. The second-order valence-electron chi connectivity index (χ2n) is 6.02. The lowest BCUT2D eigenvalue weighted by molar-refractivity contribution is 0.0113. The van der Waals surface area contributed by atoms with Crippen molar-refractivity contribution in [3.8, 4) is 0 Å². The van der Waals surface area contributed by atoms with E-state index in [9.17, 15) is 19.4 Å². The normalized spacial score (nSPS) is 14.4. The van der Waals surface area contributed by atoms with Gasteiger partial charge in [0.05, 0.1) is 0 Å². The van der Waals surface area contributed by atoms with Gasteiger partial charge in [0, 0.05) is 17.1 Å². The number of amides is 1. The van der Waals surface area contributed by atoms with Crippen LogP contribution in [-0.4, -0.2) is 34.6 Å². The fraction of sp³-hybridized carbons (Fsp3) is 0.533. The first-order chi connectivity index (χ1) is 10.0. The first kappa shape index (κ1) is 18.7. The van der Waals surface area contributed by atoms with Crippen molar-refractivity contribution in [3.63, 3.8) is 0 Å². The van der Waals surface area contributed by atoms with Crippen molar-refractivity contribution in [2.75, 3.05) is 6.54 Å². The van der Waals surface area contributed by atoms with Gasteiger partial charge in [0.1, 0.15) is 23.6 Å². The zero-order chi connectivity index (χ0) is 17.1. The van der Waals surface area contributed by atoms with Crippen molar-refractivity contribution in [1.29, 1.82) is 0 Å². The fourth-order valence-electron chi connectivity index (χ4n) is 1.73. The average Bonchev–Trinajstić information content (AvgIpc) is 2.37. The highest BCUT2D eigenvalue weighted by molar-refractivity contribution is 6.31. The number of alkyl carbamates (subject to hydrolysis) is 1. The van der Waals surface area contributed by atoms with Crippen molar-refractivity contribution >= 4 is 17.7 Å². The molecule has 1 amide bonds. The molecule has 1 aromatic carbocycles. The van der Waals surface area contributed by atoms with E-state index < -0.39 is 29.7 Å². The number of aliphatic hydroxyl groups is 2. The Hall–Kier alpha value is -1.37. The lowest BCUT2D eigenvalue weighted by Crippen LogP contribution is -2.39. The molecule has 0 aliphatic carbocycles. The van der Waals surface area contributed by atoms with Gasteiger partial charge in [0.25, 0.3) is 0 Å². The lowest BCUT2D eigenvalue weighted by atomic mass is 10.0. The highest BCUT2D eigenvalue weighted by atomic mass is 35.5. The van der Waals surface area contributed by atoms with E-state index in [1.54, 1.807) is 27.7 Å². The average molecular weight is 334 g/mol. The molecule has 0 aliphatic heterocycles. The minimum absolute atomic E-state index is 0.0830. The molecular weight excluding hydrogens is 313 g/mol. The van der Waals surface area contributed by atoms with Crippen LogP contribution in [0.2, 0.25) is 5.02 Å². The largest absolute Gasteiger partial charge is 0.444 e. The molecule has 5 nitrogen and oxygen atoms in total. The number of aryl methyl sites for hydroxylation is 1. The summed E-state index contributed by atoms with van der Waals surface area (Å²) in [4.78, 5) is 11.5. The van der Waals surface area contributed by atoms with Crippen LogP contribution in [0.3, 0.4) is 0 Å². The minimum atomic E-state index is -1.49. The molecule has 2 unspecified atom stereocenters. The maximum atomic E-state index is 13.8. The molecule has 0 aliphatic rings. The van der Waals surface area contributed by atoms with Crippen molar-refractivity contribution in [1.82, 2.24) is 5.32 Å². The summed E-state index contributed by atoms with van der Waals surface area (Å²) >= 11 is 5.78. The molecule has 0 bridgehead atoms. The Balaban J connectivity index is 2.68. The fourth-order valence-corrected chi connectivity index (χ4v) is 1.88. The topological polar surface area (TPSA) is 78.8 Å². The van der Waals surface area contributed by atoms with E-state index in [0.29, 0.717) is 5.56 Å².